The first-order chi connectivity index (χ1) is 9.04. The van der Waals surface area contributed by atoms with E-state index in [1.807, 2.05) is 25.1 Å². The van der Waals surface area contributed by atoms with E-state index < -0.39 is 6.04 Å². The summed E-state index contributed by atoms with van der Waals surface area (Å²) in [6.07, 6.45) is 0.862. The Morgan fingerprint density at radius 3 is 2.95 bits per heavy atom. The van der Waals surface area contributed by atoms with Gasteiger partial charge in [-0.05, 0) is 18.6 Å². The summed E-state index contributed by atoms with van der Waals surface area (Å²) in [7, 11) is 0. The number of nitrogens with two attached hydrogens (primary N) is 1. The van der Waals surface area contributed by atoms with Gasteiger partial charge in [-0.25, -0.2) is 0 Å². The quantitative estimate of drug-likeness (QED) is 0.876. The van der Waals surface area contributed by atoms with Crippen molar-refractivity contribution in [2.45, 2.75) is 19.4 Å². The lowest BCUT2D eigenvalue weighted by Gasteiger charge is -2.17. The van der Waals surface area contributed by atoms with Gasteiger partial charge in [0, 0.05) is 16.6 Å². The van der Waals surface area contributed by atoms with Crippen molar-refractivity contribution < 1.29 is 9.59 Å². The summed E-state index contributed by atoms with van der Waals surface area (Å²) in [5, 5.41) is 2.75. The number of fused-ring (bicyclic) bond motifs is 1. The maximum absolute atomic E-state index is 12.1. The van der Waals surface area contributed by atoms with E-state index in [0.29, 0.717) is 12.2 Å². The van der Waals surface area contributed by atoms with Crippen molar-refractivity contribution in [1.82, 2.24) is 5.32 Å². The first-order valence-corrected chi connectivity index (χ1v) is 6.97. The lowest BCUT2D eigenvalue weighted by molar-refractivity contribution is -0.124. The zero-order valence-electron chi connectivity index (χ0n) is 10.6. The fourth-order valence-corrected chi connectivity index (χ4v) is 2.41. The van der Waals surface area contributed by atoms with Gasteiger partial charge in [0.2, 0.25) is 11.8 Å². The fraction of sp³-hybridized carbons (Fsp3) is 0.385. The maximum Gasteiger partial charge on any atom is 0.249 e. The van der Waals surface area contributed by atoms with E-state index in [2.05, 4.69) is 21.2 Å². The molecule has 1 aliphatic heterocycles. The Labute approximate surface area is 120 Å². The highest BCUT2D eigenvalue weighted by molar-refractivity contribution is 9.10. The second-order valence-electron chi connectivity index (χ2n) is 4.46. The molecule has 6 heteroatoms. The number of rotatable bonds is 4. The average molecular weight is 326 g/mol. The molecular formula is C13H16BrN3O2. The Morgan fingerprint density at radius 2 is 2.26 bits per heavy atom. The third-order valence-corrected chi connectivity index (χ3v) is 3.52. The van der Waals surface area contributed by atoms with E-state index in [9.17, 15) is 9.59 Å². The SMILES string of the molecule is CCCNC(=O)CN1C(=O)C(N)c2ccc(Br)cc21. The number of anilines is 1. The molecule has 1 aliphatic rings. The molecule has 1 heterocycles. The van der Waals surface area contributed by atoms with Gasteiger partial charge in [-0.2, -0.15) is 0 Å². The van der Waals surface area contributed by atoms with Crippen LogP contribution in [0, 0.1) is 0 Å². The van der Waals surface area contributed by atoms with Crippen LogP contribution < -0.4 is 16.0 Å². The summed E-state index contributed by atoms with van der Waals surface area (Å²) in [4.78, 5) is 25.3. The van der Waals surface area contributed by atoms with Gasteiger partial charge >= 0.3 is 0 Å². The third-order valence-electron chi connectivity index (χ3n) is 3.02. The van der Waals surface area contributed by atoms with Crippen molar-refractivity contribution in [3.8, 4) is 0 Å². The summed E-state index contributed by atoms with van der Waals surface area (Å²) in [6.45, 7) is 2.60. The van der Waals surface area contributed by atoms with Crippen LogP contribution in [0.15, 0.2) is 22.7 Å². The molecule has 1 aromatic carbocycles. The van der Waals surface area contributed by atoms with Crippen molar-refractivity contribution in [3.63, 3.8) is 0 Å². The van der Waals surface area contributed by atoms with E-state index in [0.717, 1.165) is 16.5 Å². The standard InChI is InChI=1S/C13H16BrN3O2/c1-2-5-16-11(18)7-17-10-6-8(14)3-4-9(10)12(15)13(17)19/h3-4,6,12H,2,5,7,15H2,1H3,(H,16,18). The fourth-order valence-electron chi connectivity index (χ4n) is 2.06. The van der Waals surface area contributed by atoms with Gasteiger partial charge in [-0.1, -0.05) is 28.9 Å². The van der Waals surface area contributed by atoms with Crippen molar-refractivity contribution in [2.75, 3.05) is 18.0 Å². The molecule has 0 aromatic heterocycles. The molecule has 3 N–H and O–H groups in total. The Morgan fingerprint density at radius 1 is 1.53 bits per heavy atom. The van der Waals surface area contributed by atoms with Crippen LogP contribution in [0.3, 0.4) is 0 Å². The lowest BCUT2D eigenvalue weighted by Crippen LogP contribution is -2.40. The molecule has 1 unspecified atom stereocenters. The molecule has 102 valence electrons. The van der Waals surface area contributed by atoms with Crippen LogP contribution in [-0.2, 0) is 9.59 Å². The number of nitrogens with one attached hydrogen (secondary N) is 1. The molecule has 19 heavy (non-hydrogen) atoms. The predicted octanol–water partition coefficient (Wildman–Crippen LogP) is 1.32. The Kier molecular flexibility index (Phi) is 4.21. The molecule has 1 atom stereocenters. The lowest BCUT2D eigenvalue weighted by atomic mass is 10.1. The first kappa shape index (κ1) is 14.0. The molecule has 5 nitrogen and oxygen atoms in total. The number of benzene rings is 1. The summed E-state index contributed by atoms with van der Waals surface area (Å²) in [5.41, 5.74) is 7.34. The summed E-state index contributed by atoms with van der Waals surface area (Å²) < 4.78 is 0.854. The Balaban J connectivity index is 2.20. The largest absolute Gasteiger partial charge is 0.355 e. The molecule has 0 bridgehead atoms. The summed E-state index contributed by atoms with van der Waals surface area (Å²) >= 11 is 3.36. The van der Waals surface area contributed by atoms with Crippen molar-refractivity contribution >= 4 is 33.4 Å². The van der Waals surface area contributed by atoms with Crippen LogP contribution in [0.4, 0.5) is 5.69 Å². The van der Waals surface area contributed by atoms with Crippen LogP contribution in [0.25, 0.3) is 0 Å². The monoisotopic (exact) mass is 325 g/mol. The van der Waals surface area contributed by atoms with Gasteiger partial charge in [0.15, 0.2) is 0 Å². The second-order valence-corrected chi connectivity index (χ2v) is 5.37. The molecule has 2 amide bonds. The number of hydrogen-bond donors (Lipinski definition) is 2. The van der Waals surface area contributed by atoms with Gasteiger partial charge in [0.25, 0.3) is 0 Å². The predicted molar refractivity (Wildman–Crippen MR) is 76.7 cm³/mol. The number of carbonyl (C=O) groups is 2. The van der Waals surface area contributed by atoms with Crippen LogP contribution in [0.2, 0.25) is 0 Å². The topological polar surface area (TPSA) is 75.4 Å². The maximum atomic E-state index is 12.1. The molecule has 2 rings (SSSR count). The minimum absolute atomic E-state index is 0.00991. The van der Waals surface area contributed by atoms with Gasteiger partial charge in [-0.15, -0.1) is 0 Å². The van der Waals surface area contributed by atoms with Crippen LogP contribution in [0.1, 0.15) is 24.9 Å². The van der Waals surface area contributed by atoms with Crippen LogP contribution in [0.5, 0.6) is 0 Å². The number of hydrogen-bond acceptors (Lipinski definition) is 3. The second kappa shape index (κ2) is 5.71. The zero-order valence-corrected chi connectivity index (χ0v) is 12.2. The van der Waals surface area contributed by atoms with Crippen LogP contribution >= 0.6 is 15.9 Å². The molecule has 0 radical (unpaired) electrons. The van der Waals surface area contributed by atoms with Crippen molar-refractivity contribution in [3.05, 3.63) is 28.2 Å². The van der Waals surface area contributed by atoms with E-state index in [1.54, 1.807) is 0 Å². The molecule has 0 aliphatic carbocycles. The molecule has 0 saturated heterocycles. The van der Waals surface area contributed by atoms with E-state index in [-0.39, 0.29) is 18.4 Å². The molecule has 0 spiro atoms. The minimum atomic E-state index is -0.679. The summed E-state index contributed by atoms with van der Waals surface area (Å²) in [5.74, 6) is -0.407. The van der Waals surface area contributed by atoms with Gasteiger partial charge in [-0.3, -0.25) is 9.59 Å². The normalized spacial score (nSPS) is 17.5. The summed E-state index contributed by atoms with van der Waals surface area (Å²) in [6, 6.07) is 4.79. The number of amides is 2. The molecule has 1 aromatic rings. The highest BCUT2D eigenvalue weighted by Crippen LogP contribution is 2.36. The molecular weight excluding hydrogens is 310 g/mol. The highest BCUT2D eigenvalue weighted by Gasteiger charge is 2.35. The van der Waals surface area contributed by atoms with Crippen LogP contribution in [-0.4, -0.2) is 24.9 Å². The van der Waals surface area contributed by atoms with Crippen molar-refractivity contribution in [2.24, 2.45) is 5.73 Å². The van der Waals surface area contributed by atoms with Crippen molar-refractivity contribution in [1.29, 1.82) is 0 Å². The average Bonchev–Trinajstić information content (AvgIpc) is 2.61. The highest BCUT2D eigenvalue weighted by atomic mass is 79.9. The van der Waals surface area contributed by atoms with E-state index in [4.69, 9.17) is 5.73 Å². The Hall–Kier alpha value is -1.40. The third kappa shape index (κ3) is 2.79. The zero-order chi connectivity index (χ0) is 14.0. The smallest absolute Gasteiger partial charge is 0.249 e. The first-order valence-electron chi connectivity index (χ1n) is 6.17. The minimum Gasteiger partial charge on any atom is -0.355 e. The van der Waals surface area contributed by atoms with E-state index >= 15 is 0 Å². The van der Waals surface area contributed by atoms with Gasteiger partial charge < -0.3 is 16.0 Å². The molecule has 0 fully saturated rings. The van der Waals surface area contributed by atoms with Gasteiger partial charge in [0.1, 0.15) is 12.6 Å². The molecule has 0 saturated carbocycles. The Bertz CT molecular complexity index is 519. The van der Waals surface area contributed by atoms with E-state index in [1.165, 1.54) is 4.90 Å². The number of nitrogens with zero attached hydrogens (tertiary/aromatic N) is 1. The van der Waals surface area contributed by atoms with Gasteiger partial charge in [0.05, 0.1) is 5.69 Å². The number of carbonyl (C=O) groups excluding carboxylic acids is 2. The number of halogens is 1.